The molecule has 0 radical (unpaired) electrons. The van der Waals surface area contributed by atoms with E-state index in [2.05, 4.69) is 11.8 Å². The fourth-order valence-electron chi connectivity index (χ4n) is 4.01. The molecule has 2 aliphatic rings. The molecule has 2 fully saturated rings. The van der Waals surface area contributed by atoms with E-state index in [-0.39, 0.29) is 5.41 Å². The van der Waals surface area contributed by atoms with Gasteiger partial charge in [-0.05, 0) is 44.4 Å². The van der Waals surface area contributed by atoms with E-state index in [0.717, 1.165) is 31.6 Å². The Morgan fingerprint density at radius 2 is 1.65 bits per heavy atom. The minimum Gasteiger partial charge on any atom is -0.342 e. The van der Waals surface area contributed by atoms with Crippen LogP contribution in [0, 0.1) is 11.3 Å². The summed E-state index contributed by atoms with van der Waals surface area (Å²) in [4.78, 5) is 15.1. The normalized spacial score (nSPS) is 32.6. The van der Waals surface area contributed by atoms with Crippen LogP contribution in [-0.2, 0) is 4.79 Å². The summed E-state index contributed by atoms with van der Waals surface area (Å²) < 4.78 is 0. The van der Waals surface area contributed by atoms with E-state index < -0.39 is 0 Å². The van der Waals surface area contributed by atoms with Crippen LogP contribution in [0.2, 0.25) is 0 Å². The fraction of sp³-hybridized carbons (Fsp3) is 0.941. The third-order valence-electron chi connectivity index (χ3n) is 5.77. The lowest BCUT2D eigenvalue weighted by atomic mass is 9.70. The first kappa shape index (κ1) is 15.8. The van der Waals surface area contributed by atoms with Gasteiger partial charge in [0.1, 0.15) is 0 Å². The molecule has 0 heterocycles. The summed E-state index contributed by atoms with van der Waals surface area (Å²) >= 11 is 0. The number of hydrogen-bond acceptors (Lipinski definition) is 2. The van der Waals surface area contributed by atoms with Gasteiger partial charge >= 0.3 is 0 Å². The van der Waals surface area contributed by atoms with Crippen LogP contribution in [0.25, 0.3) is 0 Å². The Balaban J connectivity index is 2.03. The third-order valence-corrected chi connectivity index (χ3v) is 5.77. The third kappa shape index (κ3) is 3.36. The highest BCUT2D eigenvalue weighted by atomic mass is 16.2. The van der Waals surface area contributed by atoms with Crippen molar-refractivity contribution in [2.24, 2.45) is 17.1 Å². The number of carbonyl (C=O) groups is 1. The Hall–Kier alpha value is -0.570. The fourth-order valence-corrected chi connectivity index (χ4v) is 4.01. The van der Waals surface area contributed by atoms with Gasteiger partial charge in [-0.3, -0.25) is 4.79 Å². The average Bonchev–Trinajstić information content (AvgIpc) is 2.76. The summed E-state index contributed by atoms with van der Waals surface area (Å²) in [7, 11) is 2.02. The predicted molar refractivity (Wildman–Crippen MR) is 83.4 cm³/mol. The molecule has 0 aromatic rings. The summed E-state index contributed by atoms with van der Waals surface area (Å²) in [6.45, 7) is 2.82. The molecule has 0 bridgehead atoms. The SMILES string of the molecule is CC1CCC(CN)(C(=O)N(C)C2CCCCCC2)CC1. The largest absolute Gasteiger partial charge is 0.342 e. The molecule has 0 atom stereocenters. The zero-order valence-electron chi connectivity index (χ0n) is 13.4. The number of nitrogens with zero attached hydrogens (tertiary/aromatic N) is 1. The first-order valence-corrected chi connectivity index (χ1v) is 8.56. The molecule has 2 aliphatic carbocycles. The van der Waals surface area contributed by atoms with Crippen LogP contribution in [-0.4, -0.2) is 30.4 Å². The van der Waals surface area contributed by atoms with Gasteiger partial charge in [-0.1, -0.05) is 32.6 Å². The molecule has 116 valence electrons. The van der Waals surface area contributed by atoms with Crippen LogP contribution < -0.4 is 5.73 Å². The monoisotopic (exact) mass is 280 g/mol. The predicted octanol–water partition coefficient (Wildman–Crippen LogP) is 3.32. The Bertz CT molecular complexity index is 313. The van der Waals surface area contributed by atoms with E-state index in [1.165, 1.54) is 38.5 Å². The van der Waals surface area contributed by atoms with Crippen molar-refractivity contribution in [3.63, 3.8) is 0 Å². The molecule has 0 aliphatic heterocycles. The van der Waals surface area contributed by atoms with Gasteiger partial charge in [0.05, 0.1) is 5.41 Å². The Morgan fingerprint density at radius 1 is 1.10 bits per heavy atom. The molecular weight excluding hydrogens is 248 g/mol. The summed E-state index contributed by atoms with van der Waals surface area (Å²) in [5, 5.41) is 0. The van der Waals surface area contributed by atoms with Gasteiger partial charge in [-0.15, -0.1) is 0 Å². The Labute approximate surface area is 124 Å². The maximum atomic E-state index is 13.0. The minimum absolute atomic E-state index is 0.256. The van der Waals surface area contributed by atoms with Crippen LogP contribution in [0.15, 0.2) is 0 Å². The topological polar surface area (TPSA) is 46.3 Å². The van der Waals surface area contributed by atoms with Crippen molar-refractivity contribution < 1.29 is 4.79 Å². The van der Waals surface area contributed by atoms with Gasteiger partial charge < -0.3 is 10.6 Å². The highest BCUT2D eigenvalue weighted by molar-refractivity contribution is 5.83. The van der Waals surface area contributed by atoms with Gasteiger partial charge in [0.15, 0.2) is 0 Å². The molecule has 3 heteroatoms. The first-order chi connectivity index (χ1) is 9.59. The van der Waals surface area contributed by atoms with E-state index in [9.17, 15) is 4.79 Å². The summed E-state index contributed by atoms with van der Waals surface area (Å²) in [5.74, 6) is 1.09. The van der Waals surface area contributed by atoms with Gasteiger partial charge in [0.25, 0.3) is 0 Å². The van der Waals surface area contributed by atoms with Gasteiger partial charge in [0, 0.05) is 19.6 Å². The number of rotatable bonds is 3. The Kier molecular flexibility index (Phi) is 5.48. The van der Waals surface area contributed by atoms with Gasteiger partial charge in [-0.25, -0.2) is 0 Å². The lowest BCUT2D eigenvalue weighted by Crippen LogP contribution is -2.51. The first-order valence-electron chi connectivity index (χ1n) is 8.56. The van der Waals surface area contributed by atoms with Crippen LogP contribution in [0.4, 0.5) is 0 Å². The molecule has 2 N–H and O–H groups in total. The van der Waals surface area contributed by atoms with E-state index >= 15 is 0 Å². The maximum Gasteiger partial charge on any atom is 0.230 e. The highest BCUT2D eigenvalue weighted by Gasteiger charge is 2.42. The molecule has 20 heavy (non-hydrogen) atoms. The van der Waals surface area contributed by atoms with Crippen molar-refractivity contribution in [3.8, 4) is 0 Å². The summed E-state index contributed by atoms with van der Waals surface area (Å²) in [6, 6.07) is 0.452. The van der Waals surface area contributed by atoms with Crippen LogP contribution in [0.5, 0.6) is 0 Å². The standard InChI is InChI=1S/C17H32N2O/c1-14-9-11-17(13-18,12-10-14)16(20)19(2)15-7-5-3-4-6-8-15/h14-15H,3-13,18H2,1-2H3. The highest BCUT2D eigenvalue weighted by Crippen LogP contribution is 2.40. The van der Waals surface area contributed by atoms with Gasteiger partial charge in [-0.2, -0.15) is 0 Å². The second kappa shape index (κ2) is 6.93. The average molecular weight is 280 g/mol. The molecule has 2 rings (SSSR count). The van der Waals surface area contributed by atoms with Crippen molar-refractivity contribution in [1.29, 1.82) is 0 Å². The van der Waals surface area contributed by atoms with Crippen LogP contribution in [0.3, 0.4) is 0 Å². The second-order valence-electron chi connectivity index (χ2n) is 7.23. The lowest BCUT2D eigenvalue weighted by Gasteiger charge is -2.41. The van der Waals surface area contributed by atoms with E-state index in [4.69, 9.17) is 5.73 Å². The second-order valence-corrected chi connectivity index (χ2v) is 7.23. The minimum atomic E-state index is -0.256. The van der Waals surface area contributed by atoms with E-state index in [0.29, 0.717) is 18.5 Å². The quantitative estimate of drug-likeness (QED) is 0.806. The van der Waals surface area contributed by atoms with E-state index in [1.54, 1.807) is 0 Å². The van der Waals surface area contributed by atoms with Crippen molar-refractivity contribution >= 4 is 5.91 Å². The number of carbonyl (C=O) groups excluding carboxylic acids is 1. The molecule has 0 aromatic carbocycles. The van der Waals surface area contributed by atoms with Crippen molar-refractivity contribution in [2.45, 2.75) is 77.2 Å². The van der Waals surface area contributed by atoms with E-state index in [1.807, 2.05) is 7.05 Å². The van der Waals surface area contributed by atoms with Crippen LogP contribution in [0.1, 0.15) is 71.1 Å². The van der Waals surface area contributed by atoms with Crippen molar-refractivity contribution in [2.75, 3.05) is 13.6 Å². The summed E-state index contributed by atoms with van der Waals surface area (Å²) in [6.07, 6.45) is 11.8. The van der Waals surface area contributed by atoms with Crippen molar-refractivity contribution in [3.05, 3.63) is 0 Å². The van der Waals surface area contributed by atoms with Gasteiger partial charge in [0.2, 0.25) is 5.91 Å². The molecule has 0 aromatic heterocycles. The molecular formula is C17H32N2O. The Morgan fingerprint density at radius 3 is 2.15 bits per heavy atom. The van der Waals surface area contributed by atoms with Crippen LogP contribution >= 0.6 is 0 Å². The zero-order chi connectivity index (χ0) is 14.6. The molecule has 1 amide bonds. The molecule has 3 nitrogen and oxygen atoms in total. The smallest absolute Gasteiger partial charge is 0.230 e. The maximum absolute atomic E-state index is 13.0. The summed E-state index contributed by atoms with van der Waals surface area (Å²) in [5.41, 5.74) is 5.78. The van der Waals surface area contributed by atoms with Crippen molar-refractivity contribution in [1.82, 2.24) is 4.90 Å². The number of nitrogens with two attached hydrogens (primary N) is 1. The zero-order valence-corrected chi connectivity index (χ0v) is 13.4. The lowest BCUT2D eigenvalue weighted by molar-refractivity contribution is -0.145. The molecule has 0 unspecified atom stereocenters. The number of hydrogen-bond donors (Lipinski definition) is 1. The molecule has 0 saturated heterocycles. The number of amides is 1. The molecule has 2 saturated carbocycles. The molecule has 0 spiro atoms.